The Morgan fingerprint density at radius 3 is 3.00 bits per heavy atom. The van der Waals surface area contributed by atoms with Crippen LogP contribution >= 0.6 is 11.3 Å². The predicted octanol–water partition coefficient (Wildman–Crippen LogP) is 2.02. The van der Waals surface area contributed by atoms with E-state index in [9.17, 15) is 0 Å². The van der Waals surface area contributed by atoms with Gasteiger partial charge in [0.15, 0.2) is 0 Å². The molecule has 92 valence electrons. The summed E-state index contributed by atoms with van der Waals surface area (Å²) in [6.07, 6.45) is 0.863. The number of hydrogen-bond donors (Lipinski definition) is 2. The zero-order valence-corrected chi connectivity index (χ0v) is 11.0. The van der Waals surface area contributed by atoms with Gasteiger partial charge in [0.25, 0.3) is 0 Å². The second-order valence-electron chi connectivity index (χ2n) is 4.07. The summed E-state index contributed by atoms with van der Waals surface area (Å²) in [6, 6.07) is 4.39. The third-order valence-corrected chi connectivity index (χ3v) is 3.55. The minimum atomic E-state index is 0.155. The van der Waals surface area contributed by atoms with Crippen molar-refractivity contribution in [3.63, 3.8) is 0 Å². The van der Waals surface area contributed by atoms with E-state index >= 15 is 0 Å². The highest BCUT2D eigenvalue weighted by atomic mass is 32.1. The van der Waals surface area contributed by atoms with Crippen molar-refractivity contribution in [3.05, 3.63) is 39.8 Å². The number of hydrogen-bond acceptors (Lipinski definition) is 4. The van der Waals surface area contributed by atoms with Crippen molar-refractivity contribution < 1.29 is 0 Å². The fourth-order valence-corrected chi connectivity index (χ4v) is 2.71. The molecule has 0 saturated heterocycles. The Morgan fingerprint density at radius 1 is 1.59 bits per heavy atom. The Balaban J connectivity index is 2.18. The van der Waals surface area contributed by atoms with Crippen LogP contribution in [0.3, 0.4) is 0 Å². The maximum absolute atomic E-state index is 5.64. The molecular weight excluding hydrogens is 232 g/mol. The van der Waals surface area contributed by atoms with Gasteiger partial charge in [-0.15, -0.1) is 0 Å². The maximum Gasteiger partial charge on any atom is 0.0596 e. The van der Waals surface area contributed by atoms with Gasteiger partial charge in [0.05, 0.1) is 11.7 Å². The Bertz CT molecular complexity index is 461. The summed E-state index contributed by atoms with van der Waals surface area (Å²) in [5.74, 6) is 5.64. The van der Waals surface area contributed by atoms with Gasteiger partial charge in [-0.2, -0.15) is 16.4 Å². The second-order valence-corrected chi connectivity index (χ2v) is 4.85. The van der Waals surface area contributed by atoms with Gasteiger partial charge >= 0.3 is 0 Å². The van der Waals surface area contributed by atoms with Crippen LogP contribution in [-0.4, -0.2) is 9.78 Å². The van der Waals surface area contributed by atoms with E-state index in [4.69, 9.17) is 5.84 Å². The van der Waals surface area contributed by atoms with E-state index in [1.54, 1.807) is 11.3 Å². The fraction of sp³-hybridized carbons (Fsp3) is 0.417. The first kappa shape index (κ1) is 12.3. The predicted molar refractivity (Wildman–Crippen MR) is 70.7 cm³/mol. The largest absolute Gasteiger partial charge is 0.271 e. The molecular formula is C12H18N4S. The average molecular weight is 250 g/mol. The number of aromatic nitrogens is 2. The number of aryl methyl sites for hydroxylation is 2. The first-order valence-electron chi connectivity index (χ1n) is 5.76. The molecule has 0 radical (unpaired) electrons. The zero-order chi connectivity index (χ0) is 12.3. The van der Waals surface area contributed by atoms with Gasteiger partial charge in [-0.05, 0) is 42.3 Å². The van der Waals surface area contributed by atoms with E-state index in [1.807, 2.05) is 11.6 Å². The highest BCUT2D eigenvalue weighted by Gasteiger charge is 2.14. The Morgan fingerprint density at radius 2 is 2.41 bits per heavy atom. The molecule has 0 spiro atoms. The summed E-state index contributed by atoms with van der Waals surface area (Å²) in [6.45, 7) is 5.01. The molecule has 0 aromatic carbocycles. The third-order valence-electron chi connectivity index (χ3n) is 2.85. The van der Waals surface area contributed by atoms with E-state index in [2.05, 4.69) is 40.3 Å². The molecule has 4 nitrogen and oxygen atoms in total. The van der Waals surface area contributed by atoms with Crippen molar-refractivity contribution in [1.82, 2.24) is 15.2 Å². The average Bonchev–Trinajstić information content (AvgIpc) is 2.94. The number of rotatable bonds is 5. The first-order valence-corrected chi connectivity index (χ1v) is 6.70. The van der Waals surface area contributed by atoms with E-state index in [0.29, 0.717) is 0 Å². The van der Waals surface area contributed by atoms with Crippen LogP contribution in [0.25, 0.3) is 0 Å². The molecule has 2 aromatic heterocycles. The molecule has 1 unspecified atom stereocenters. The van der Waals surface area contributed by atoms with Gasteiger partial charge in [0.1, 0.15) is 0 Å². The topological polar surface area (TPSA) is 55.9 Å². The van der Waals surface area contributed by atoms with E-state index in [0.717, 1.165) is 18.7 Å². The number of nitrogens with one attached hydrogen (secondary N) is 1. The molecule has 2 aromatic rings. The summed E-state index contributed by atoms with van der Waals surface area (Å²) in [4.78, 5) is 0. The lowest BCUT2D eigenvalue weighted by Gasteiger charge is -2.15. The third kappa shape index (κ3) is 2.74. The molecule has 3 N–H and O–H groups in total. The summed E-state index contributed by atoms with van der Waals surface area (Å²) in [7, 11) is 0. The molecule has 0 saturated carbocycles. The lowest BCUT2D eigenvalue weighted by molar-refractivity contribution is 0.518. The summed E-state index contributed by atoms with van der Waals surface area (Å²) < 4.78 is 2.03. The maximum atomic E-state index is 5.64. The highest BCUT2D eigenvalue weighted by molar-refractivity contribution is 7.07. The number of thiophene rings is 1. The van der Waals surface area contributed by atoms with Gasteiger partial charge in [-0.3, -0.25) is 16.0 Å². The van der Waals surface area contributed by atoms with Crippen LogP contribution in [0.1, 0.15) is 29.9 Å². The van der Waals surface area contributed by atoms with Gasteiger partial charge in [0, 0.05) is 18.7 Å². The Kier molecular flexibility index (Phi) is 3.93. The molecule has 0 aliphatic carbocycles. The molecule has 0 aliphatic heterocycles. The van der Waals surface area contributed by atoms with Crippen molar-refractivity contribution >= 4 is 11.3 Å². The van der Waals surface area contributed by atoms with Crippen molar-refractivity contribution in [2.24, 2.45) is 5.84 Å². The smallest absolute Gasteiger partial charge is 0.0596 e. The number of nitrogens with zero attached hydrogens (tertiary/aromatic N) is 2. The molecule has 1 atom stereocenters. The molecule has 17 heavy (non-hydrogen) atoms. The van der Waals surface area contributed by atoms with Crippen molar-refractivity contribution in [3.8, 4) is 0 Å². The van der Waals surface area contributed by atoms with Crippen molar-refractivity contribution in [1.29, 1.82) is 0 Å². The fourth-order valence-electron chi connectivity index (χ4n) is 1.99. The van der Waals surface area contributed by atoms with Crippen LogP contribution < -0.4 is 11.3 Å². The van der Waals surface area contributed by atoms with Crippen LogP contribution in [0.4, 0.5) is 0 Å². The van der Waals surface area contributed by atoms with Gasteiger partial charge in [-0.25, -0.2) is 0 Å². The van der Waals surface area contributed by atoms with Crippen LogP contribution in [0, 0.1) is 6.92 Å². The Hall–Kier alpha value is -1.17. The van der Waals surface area contributed by atoms with Crippen molar-refractivity contribution in [2.45, 2.75) is 32.9 Å². The number of hydrazine groups is 1. The quantitative estimate of drug-likeness (QED) is 0.630. The molecule has 5 heteroatoms. The van der Waals surface area contributed by atoms with E-state index < -0.39 is 0 Å². The Labute approximate surface area is 105 Å². The lowest BCUT2D eigenvalue weighted by Crippen LogP contribution is -2.29. The lowest BCUT2D eigenvalue weighted by atomic mass is 10.1. The minimum Gasteiger partial charge on any atom is -0.271 e. The van der Waals surface area contributed by atoms with E-state index in [1.165, 1.54) is 11.3 Å². The van der Waals surface area contributed by atoms with Crippen LogP contribution in [-0.2, 0) is 13.0 Å². The second kappa shape index (κ2) is 5.44. The molecule has 0 aliphatic rings. The summed E-state index contributed by atoms with van der Waals surface area (Å²) in [5.41, 5.74) is 6.39. The normalized spacial score (nSPS) is 12.9. The van der Waals surface area contributed by atoms with Gasteiger partial charge in [-0.1, -0.05) is 0 Å². The first-order chi connectivity index (χ1) is 8.24. The monoisotopic (exact) mass is 250 g/mol. The standard InChI is InChI=1S/C12H18N4S/c1-3-16-11(6-9(2)15-16)7-12(14-13)10-4-5-17-8-10/h4-6,8,12,14H,3,7,13H2,1-2H3. The molecule has 0 fully saturated rings. The van der Waals surface area contributed by atoms with E-state index in [-0.39, 0.29) is 6.04 Å². The zero-order valence-electron chi connectivity index (χ0n) is 10.2. The highest BCUT2D eigenvalue weighted by Crippen LogP contribution is 2.20. The van der Waals surface area contributed by atoms with Crippen LogP contribution in [0.5, 0.6) is 0 Å². The minimum absolute atomic E-state index is 0.155. The van der Waals surface area contributed by atoms with Crippen LogP contribution in [0.15, 0.2) is 22.9 Å². The summed E-state index contributed by atoms with van der Waals surface area (Å²) in [5, 5.41) is 8.65. The molecule has 0 amide bonds. The van der Waals surface area contributed by atoms with Gasteiger partial charge in [0.2, 0.25) is 0 Å². The molecule has 2 heterocycles. The van der Waals surface area contributed by atoms with Crippen molar-refractivity contribution in [2.75, 3.05) is 0 Å². The summed E-state index contributed by atoms with van der Waals surface area (Å²) >= 11 is 1.69. The SMILES string of the molecule is CCn1nc(C)cc1CC(NN)c1ccsc1. The van der Waals surface area contributed by atoms with Gasteiger partial charge < -0.3 is 0 Å². The van der Waals surface area contributed by atoms with Crippen LogP contribution in [0.2, 0.25) is 0 Å². The molecule has 2 rings (SSSR count). The molecule has 0 bridgehead atoms. The number of nitrogens with two attached hydrogens (primary N) is 1.